The lowest BCUT2D eigenvalue weighted by Gasteiger charge is -2.34. The quantitative estimate of drug-likeness (QED) is 0.362. The van der Waals surface area contributed by atoms with Crippen LogP contribution in [-0.4, -0.2) is 23.6 Å². The molecule has 0 N–H and O–H groups in total. The maximum absolute atomic E-state index is 13.9. The van der Waals surface area contributed by atoms with Crippen LogP contribution >= 0.6 is 0 Å². The Morgan fingerprint density at radius 1 is 1.00 bits per heavy atom. The van der Waals surface area contributed by atoms with Crippen molar-refractivity contribution in [1.82, 2.24) is 0 Å². The summed E-state index contributed by atoms with van der Waals surface area (Å²) < 4.78 is 11.9. The Bertz CT molecular complexity index is 1440. The van der Waals surface area contributed by atoms with Crippen LogP contribution in [0.2, 0.25) is 0 Å². The van der Waals surface area contributed by atoms with Crippen molar-refractivity contribution >= 4 is 28.4 Å². The van der Waals surface area contributed by atoms with E-state index in [4.69, 9.17) is 9.15 Å². The summed E-state index contributed by atoms with van der Waals surface area (Å²) in [6, 6.07) is 15.7. The third kappa shape index (κ3) is 4.14. The molecule has 178 valence electrons. The van der Waals surface area contributed by atoms with Crippen LogP contribution in [0, 0.1) is 12.8 Å². The zero-order chi connectivity index (χ0) is 24.7. The van der Waals surface area contributed by atoms with E-state index in [2.05, 4.69) is 4.99 Å². The second-order valence-corrected chi connectivity index (χ2v) is 9.34. The van der Waals surface area contributed by atoms with Crippen molar-refractivity contribution in [1.29, 1.82) is 0 Å². The van der Waals surface area contributed by atoms with E-state index in [-0.39, 0.29) is 17.3 Å². The SMILES string of the molecule is CC1=NC(C)=C(C(=O)c2ccccc2)C(c2cccc3c(=O)cc(C)oc23)C1C(=O)OC1CCC1. The Kier molecular flexibility index (Phi) is 5.97. The van der Waals surface area contributed by atoms with Crippen molar-refractivity contribution in [3.05, 3.63) is 93.0 Å². The van der Waals surface area contributed by atoms with Gasteiger partial charge in [0.25, 0.3) is 0 Å². The summed E-state index contributed by atoms with van der Waals surface area (Å²) in [4.78, 5) is 44.8. The van der Waals surface area contributed by atoms with Crippen LogP contribution < -0.4 is 5.43 Å². The van der Waals surface area contributed by atoms with Crippen molar-refractivity contribution in [2.24, 2.45) is 10.9 Å². The highest BCUT2D eigenvalue weighted by atomic mass is 16.5. The summed E-state index contributed by atoms with van der Waals surface area (Å²) in [6.45, 7) is 5.29. The van der Waals surface area contributed by atoms with Gasteiger partial charge in [0.2, 0.25) is 0 Å². The number of aliphatic imine (C=N–C) groups is 1. The number of allylic oxidation sites excluding steroid dienone is 2. The van der Waals surface area contributed by atoms with Crippen molar-refractivity contribution < 1.29 is 18.7 Å². The van der Waals surface area contributed by atoms with E-state index in [1.165, 1.54) is 6.07 Å². The van der Waals surface area contributed by atoms with Gasteiger partial charge in [-0.3, -0.25) is 19.4 Å². The van der Waals surface area contributed by atoms with Crippen molar-refractivity contribution in [2.45, 2.75) is 52.1 Å². The number of carbonyl (C=O) groups excluding carboxylic acids is 2. The van der Waals surface area contributed by atoms with E-state index in [1.54, 1.807) is 57.2 Å². The normalized spacial score (nSPS) is 20.4. The van der Waals surface area contributed by atoms with Crippen LogP contribution in [0.4, 0.5) is 0 Å². The molecule has 0 amide bonds. The van der Waals surface area contributed by atoms with Crippen molar-refractivity contribution in [3.8, 4) is 0 Å². The van der Waals surface area contributed by atoms with Crippen LogP contribution in [0.1, 0.15) is 60.7 Å². The molecule has 0 spiro atoms. The molecule has 0 bridgehead atoms. The van der Waals surface area contributed by atoms with Gasteiger partial charge < -0.3 is 9.15 Å². The third-order valence-electron chi connectivity index (χ3n) is 6.94. The van der Waals surface area contributed by atoms with Crippen molar-refractivity contribution in [3.63, 3.8) is 0 Å². The second-order valence-electron chi connectivity index (χ2n) is 9.34. The Balaban J connectivity index is 1.73. The van der Waals surface area contributed by atoms with Gasteiger partial charge in [-0.05, 0) is 46.1 Å². The van der Waals surface area contributed by atoms with E-state index in [9.17, 15) is 14.4 Å². The Morgan fingerprint density at radius 3 is 2.43 bits per heavy atom. The number of para-hydroxylation sites is 1. The maximum atomic E-state index is 13.9. The minimum atomic E-state index is -0.807. The summed E-state index contributed by atoms with van der Waals surface area (Å²) in [5.74, 6) is -1.67. The number of aryl methyl sites for hydroxylation is 1. The van der Waals surface area contributed by atoms with Gasteiger partial charge in [-0.15, -0.1) is 0 Å². The second kappa shape index (κ2) is 9.10. The number of rotatable bonds is 5. The first-order valence-corrected chi connectivity index (χ1v) is 11.9. The molecule has 1 aliphatic carbocycles. The lowest BCUT2D eigenvalue weighted by molar-refractivity contribution is -0.155. The molecule has 1 fully saturated rings. The zero-order valence-electron chi connectivity index (χ0n) is 20.0. The summed E-state index contributed by atoms with van der Waals surface area (Å²) in [5.41, 5.74) is 2.85. The molecule has 35 heavy (non-hydrogen) atoms. The monoisotopic (exact) mass is 469 g/mol. The fourth-order valence-electron chi connectivity index (χ4n) is 5.01. The Hall–Kier alpha value is -3.80. The molecule has 0 saturated heterocycles. The average Bonchev–Trinajstić information content (AvgIpc) is 2.80. The molecule has 2 aliphatic rings. The molecule has 3 aromatic rings. The highest BCUT2D eigenvalue weighted by molar-refractivity contribution is 6.14. The summed E-state index contributed by atoms with van der Waals surface area (Å²) in [5, 5.41) is 0.406. The first kappa shape index (κ1) is 23.0. The number of nitrogens with zero attached hydrogens (tertiary/aromatic N) is 1. The molecule has 2 unspecified atom stereocenters. The van der Waals surface area contributed by atoms with Crippen LogP contribution in [0.25, 0.3) is 11.0 Å². The highest BCUT2D eigenvalue weighted by Gasteiger charge is 2.44. The van der Waals surface area contributed by atoms with Crippen LogP contribution in [0.15, 0.2) is 80.1 Å². The topological polar surface area (TPSA) is 85.9 Å². The van der Waals surface area contributed by atoms with Gasteiger partial charge in [-0.25, -0.2) is 0 Å². The maximum Gasteiger partial charge on any atom is 0.315 e. The molecular weight excluding hydrogens is 442 g/mol. The van der Waals surface area contributed by atoms with Gasteiger partial charge in [-0.1, -0.05) is 42.5 Å². The van der Waals surface area contributed by atoms with Crippen LogP contribution in [0.5, 0.6) is 0 Å². The Labute approximate surface area is 203 Å². The largest absolute Gasteiger partial charge is 0.462 e. The van der Waals surface area contributed by atoms with Crippen molar-refractivity contribution in [2.75, 3.05) is 0 Å². The number of ether oxygens (including phenoxy) is 1. The number of benzene rings is 2. The average molecular weight is 470 g/mol. The molecule has 5 rings (SSSR count). The van der Waals surface area contributed by atoms with E-state index < -0.39 is 17.8 Å². The smallest absolute Gasteiger partial charge is 0.315 e. The van der Waals surface area contributed by atoms with E-state index in [0.29, 0.717) is 44.8 Å². The third-order valence-corrected chi connectivity index (χ3v) is 6.94. The molecular formula is C29H27NO5. The molecule has 0 radical (unpaired) electrons. The molecule has 1 aliphatic heterocycles. The van der Waals surface area contributed by atoms with E-state index in [0.717, 1.165) is 19.3 Å². The molecule has 6 heteroatoms. The molecule has 1 aromatic heterocycles. The lowest BCUT2D eigenvalue weighted by atomic mass is 9.73. The first-order chi connectivity index (χ1) is 16.8. The zero-order valence-corrected chi connectivity index (χ0v) is 20.0. The summed E-state index contributed by atoms with van der Waals surface area (Å²) in [6.07, 6.45) is 2.60. The minimum absolute atomic E-state index is 0.107. The van der Waals surface area contributed by atoms with Crippen LogP contribution in [-0.2, 0) is 9.53 Å². The highest BCUT2D eigenvalue weighted by Crippen LogP contribution is 2.43. The van der Waals surface area contributed by atoms with Crippen LogP contribution in [0.3, 0.4) is 0 Å². The predicted molar refractivity (Wildman–Crippen MR) is 134 cm³/mol. The van der Waals surface area contributed by atoms with Gasteiger partial charge in [-0.2, -0.15) is 0 Å². The molecule has 2 atom stereocenters. The molecule has 2 heterocycles. The first-order valence-electron chi connectivity index (χ1n) is 11.9. The van der Waals surface area contributed by atoms with E-state index in [1.807, 2.05) is 12.1 Å². The number of carbonyl (C=O) groups is 2. The number of esters is 1. The number of ketones is 1. The van der Waals surface area contributed by atoms with Gasteiger partial charge in [0.1, 0.15) is 23.4 Å². The molecule has 6 nitrogen and oxygen atoms in total. The molecule has 1 saturated carbocycles. The fourth-order valence-corrected chi connectivity index (χ4v) is 5.01. The van der Waals surface area contributed by atoms with Gasteiger partial charge in [0, 0.05) is 40.1 Å². The number of Topliss-reactive ketones (excluding diaryl/α,β-unsaturated/α-hetero) is 1. The predicted octanol–water partition coefficient (Wildman–Crippen LogP) is 5.53. The Morgan fingerprint density at radius 2 is 1.74 bits per heavy atom. The minimum Gasteiger partial charge on any atom is -0.462 e. The van der Waals surface area contributed by atoms with Gasteiger partial charge in [0.15, 0.2) is 11.2 Å². The number of fused-ring (bicyclic) bond motifs is 1. The fraction of sp³-hybridized carbons (Fsp3) is 0.310. The summed E-state index contributed by atoms with van der Waals surface area (Å²) >= 11 is 0. The number of hydrogen-bond donors (Lipinski definition) is 0. The summed E-state index contributed by atoms with van der Waals surface area (Å²) in [7, 11) is 0. The molecule has 2 aromatic carbocycles. The standard InChI is InChI=1S/C29H27NO5/c1-16-15-23(31)21-13-8-14-22(28(21)34-16)26-24(27(32)19-9-5-4-6-10-19)17(2)30-18(3)25(26)29(33)35-20-11-7-12-20/h4-6,8-10,13-15,20,25-26H,7,11-12H2,1-3H3. The lowest BCUT2D eigenvalue weighted by Crippen LogP contribution is -2.39. The van der Waals surface area contributed by atoms with Gasteiger partial charge >= 0.3 is 5.97 Å². The number of hydrogen-bond acceptors (Lipinski definition) is 6. The van der Waals surface area contributed by atoms with Gasteiger partial charge in [0.05, 0.1) is 5.39 Å². The van der Waals surface area contributed by atoms with E-state index >= 15 is 0 Å².